The molecule has 1 saturated heterocycles. The first-order valence-corrected chi connectivity index (χ1v) is 11.7. The van der Waals surface area contributed by atoms with E-state index in [9.17, 15) is 19.5 Å². The zero-order chi connectivity index (χ0) is 23.7. The first-order chi connectivity index (χ1) is 16.5. The zero-order valence-corrected chi connectivity index (χ0v) is 18.8. The molecule has 2 aromatic rings. The molecule has 8 heteroatoms. The highest BCUT2D eigenvalue weighted by Crippen LogP contribution is 2.44. The Morgan fingerprint density at radius 2 is 1.71 bits per heavy atom. The van der Waals surface area contributed by atoms with Crippen LogP contribution in [0.4, 0.5) is 4.79 Å². The van der Waals surface area contributed by atoms with Crippen molar-refractivity contribution in [2.45, 2.75) is 43.2 Å². The van der Waals surface area contributed by atoms with E-state index in [1.54, 1.807) is 0 Å². The van der Waals surface area contributed by atoms with E-state index >= 15 is 0 Å². The van der Waals surface area contributed by atoms with Gasteiger partial charge in [-0.25, -0.2) is 9.59 Å². The summed E-state index contributed by atoms with van der Waals surface area (Å²) in [6.07, 6.45) is 1.42. The maximum atomic E-state index is 12.7. The first kappa shape index (κ1) is 22.4. The van der Waals surface area contributed by atoms with Crippen LogP contribution in [0.25, 0.3) is 11.1 Å². The van der Waals surface area contributed by atoms with E-state index in [0.717, 1.165) is 11.1 Å². The van der Waals surface area contributed by atoms with Gasteiger partial charge >= 0.3 is 12.1 Å². The summed E-state index contributed by atoms with van der Waals surface area (Å²) in [4.78, 5) is 36.9. The predicted molar refractivity (Wildman–Crippen MR) is 123 cm³/mol. The Hall–Kier alpha value is -3.39. The molecule has 3 aliphatic rings. The Morgan fingerprint density at radius 3 is 2.32 bits per heavy atom. The quantitative estimate of drug-likeness (QED) is 0.606. The second-order valence-electron chi connectivity index (χ2n) is 9.36. The molecule has 2 fully saturated rings. The van der Waals surface area contributed by atoms with Crippen molar-refractivity contribution in [1.29, 1.82) is 0 Å². The number of amides is 2. The van der Waals surface area contributed by atoms with Crippen molar-refractivity contribution in [3.05, 3.63) is 59.7 Å². The van der Waals surface area contributed by atoms with Crippen LogP contribution >= 0.6 is 0 Å². The number of fused-ring (bicyclic) bond motifs is 3. The number of carboxylic acid groups (broad SMARTS) is 1. The lowest BCUT2D eigenvalue weighted by molar-refractivity contribution is -0.148. The molecular weight excluding hydrogens is 436 g/mol. The van der Waals surface area contributed by atoms with Gasteiger partial charge < -0.3 is 25.2 Å². The summed E-state index contributed by atoms with van der Waals surface area (Å²) >= 11 is 0. The molecule has 1 unspecified atom stereocenters. The number of hydrogen-bond donors (Lipinski definition) is 3. The van der Waals surface area contributed by atoms with Crippen LogP contribution in [0.3, 0.4) is 0 Å². The van der Waals surface area contributed by atoms with Gasteiger partial charge in [-0.05, 0) is 41.5 Å². The number of rotatable bonds is 6. The molecule has 1 saturated carbocycles. The van der Waals surface area contributed by atoms with Gasteiger partial charge in [0.15, 0.2) is 5.54 Å². The minimum atomic E-state index is -1.35. The molecule has 2 aliphatic carbocycles. The molecule has 3 atom stereocenters. The summed E-state index contributed by atoms with van der Waals surface area (Å²) in [5.41, 5.74) is 3.29. The lowest BCUT2D eigenvalue weighted by atomic mass is 9.96. The van der Waals surface area contributed by atoms with Gasteiger partial charge in [-0.2, -0.15) is 0 Å². The number of alkyl carbamates (subject to hydrolysis) is 1. The highest BCUT2D eigenvalue weighted by molar-refractivity contribution is 5.88. The van der Waals surface area contributed by atoms with Crippen LogP contribution in [0.5, 0.6) is 0 Å². The van der Waals surface area contributed by atoms with Gasteiger partial charge in [-0.3, -0.25) is 4.79 Å². The van der Waals surface area contributed by atoms with Crippen LogP contribution in [0, 0.1) is 5.92 Å². The monoisotopic (exact) mass is 464 g/mol. The summed E-state index contributed by atoms with van der Waals surface area (Å²) in [5.74, 6) is -1.74. The summed E-state index contributed by atoms with van der Waals surface area (Å²) in [5, 5.41) is 15.1. The van der Waals surface area contributed by atoms with E-state index in [4.69, 9.17) is 9.47 Å². The number of ether oxygens (including phenoxy) is 2. The van der Waals surface area contributed by atoms with E-state index in [0.29, 0.717) is 25.9 Å². The molecule has 5 rings (SSSR count). The third-order valence-corrected chi connectivity index (χ3v) is 7.26. The second kappa shape index (κ2) is 9.10. The number of aliphatic carboxylic acids is 1. The van der Waals surface area contributed by atoms with Crippen LogP contribution in [-0.2, 0) is 19.1 Å². The van der Waals surface area contributed by atoms with Crippen LogP contribution in [0.2, 0.25) is 0 Å². The molecule has 0 aromatic heterocycles. The Bertz CT molecular complexity index is 1060. The highest BCUT2D eigenvalue weighted by Gasteiger charge is 2.45. The summed E-state index contributed by atoms with van der Waals surface area (Å²) in [6.45, 7) is 0.517. The third-order valence-electron chi connectivity index (χ3n) is 7.26. The molecule has 8 nitrogen and oxygen atoms in total. The van der Waals surface area contributed by atoms with E-state index in [1.807, 2.05) is 24.3 Å². The Balaban J connectivity index is 1.15. The van der Waals surface area contributed by atoms with Crippen molar-refractivity contribution in [2.24, 2.45) is 5.92 Å². The zero-order valence-electron chi connectivity index (χ0n) is 18.8. The molecule has 2 amide bonds. The topological polar surface area (TPSA) is 114 Å². The lowest BCUT2D eigenvalue weighted by Gasteiger charge is -2.25. The SMILES string of the molecule is O=C(N[C@@H]1CC[C@H](C(=O)NC2(C(=O)O)CCOC2)C1)OCC1c2ccccc2-c2ccccc21. The Kier molecular flexibility index (Phi) is 6.00. The summed E-state index contributed by atoms with van der Waals surface area (Å²) in [6, 6.07) is 16.1. The number of carbonyl (C=O) groups is 3. The molecule has 0 spiro atoms. The van der Waals surface area contributed by atoms with E-state index in [-0.39, 0.29) is 43.4 Å². The molecule has 2 aromatic carbocycles. The Morgan fingerprint density at radius 1 is 1.03 bits per heavy atom. The van der Waals surface area contributed by atoms with Crippen LogP contribution in [-0.4, -0.2) is 54.5 Å². The number of carbonyl (C=O) groups excluding carboxylic acids is 2. The maximum Gasteiger partial charge on any atom is 0.407 e. The Labute approximate surface area is 197 Å². The number of nitrogens with one attached hydrogen (secondary N) is 2. The van der Waals surface area contributed by atoms with E-state index in [1.165, 1.54) is 11.1 Å². The van der Waals surface area contributed by atoms with Gasteiger partial charge in [0, 0.05) is 30.9 Å². The lowest BCUT2D eigenvalue weighted by Crippen LogP contribution is -2.56. The van der Waals surface area contributed by atoms with E-state index < -0.39 is 17.6 Å². The fraction of sp³-hybridized carbons (Fsp3) is 0.423. The predicted octanol–water partition coefficient (Wildman–Crippen LogP) is 3.05. The highest BCUT2D eigenvalue weighted by atomic mass is 16.5. The van der Waals surface area contributed by atoms with E-state index in [2.05, 4.69) is 34.9 Å². The van der Waals surface area contributed by atoms with Gasteiger partial charge in [0.05, 0.1) is 6.61 Å². The molecule has 1 heterocycles. The maximum absolute atomic E-state index is 12.7. The summed E-state index contributed by atoms with van der Waals surface area (Å²) in [7, 11) is 0. The molecule has 0 radical (unpaired) electrons. The minimum absolute atomic E-state index is 0.0129. The molecule has 1 aliphatic heterocycles. The smallest absolute Gasteiger partial charge is 0.407 e. The number of benzene rings is 2. The fourth-order valence-electron chi connectivity index (χ4n) is 5.38. The largest absolute Gasteiger partial charge is 0.479 e. The standard InChI is InChI=1S/C26H28N2O6/c29-23(28-26(24(30)31)11-12-33-15-26)16-9-10-17(13-16)27-25(32)34-14-22-20-7-3-1-5-18(20)19-6-2-4-8-21(19)22/h1-8,16-17,22H,9-15H2,(H,27,32)(H,28,29)(H,30,31)/t16-,17+,26?/m0/s1. The fourth-order valence-corrected chi connectivity index (χ4v) is 5.38. The molecule has 178 valence electrons. The van der Waals surface area contributed by atoms with Gasteiger partial charge in [-0.15, -0.1) is 0 Å². The molecule has 0 bridgehead atoms. The second-order valence-corrected chi connectivity index (χ2v) is 9.36. The van der Waals surface area contributed by atoms with Gasteiger partial charge in [0.1, 0.15) is 6.61 Å². The average Bonchev–Trinajstić information content (AvgIpc) is 3.56. The van der Waals surface area contributed by atoms with Gasteiger partial charge in [0.2, 0.25) is 5.91 Å². The molecule has 3 N–H and O–H groups in total. The molecular formula is C26H28N2O6. The number of carboxylic acids is 1. The summed E-state index contributed by atoms with van der Waals surface area (Å²) < 4.78 is 10.8. The normalized spacial score (nSPS) is 25.4. The van der Waals surface area contributed by atoms with Gasteiger partial charge in [-0.1, -0.05) is 48.5 Å². The molecule has 34 heavy (non-hydrogen) atoms. The number of hydrogen-bond acceptors (Lipinski definition) is 5. The van der Waals surface area contributed by atoms with Crippen molar-refractivity contribution >= 4 is 18.0 Å². The minimum Gasteiger partial charge on any atom is -0.479 e. The van der Waals surface area contributed by atoms with Crippen LogP contribution in [0.1, 0.15) is 42.7 Å². The third kappa shape index (κ3) is 4.14. The van der Waals surface area contributed by atoms with Crippen LogP contribution < -0.4 is 10.6 Å². The van der Waals surface area contributed by atoms with Crippen molar-refractivity contribution in [1.82, 2.24) is 10.6 Å². The first-order valence-electron chi connectivity index (χ1n) is 11.7. The van der Waals surface area contributed by atoms with Gasteiger partial charge in [0.25, 0.3) is 0 Å². The van der Waals surface area contributed by atoms with Crippen molar-refractivity contribution < 1.29 is 29.0 Å². The van der Waals surface area contributed by atoms with Crippen molar-refractivity contribution in [3.8, 4) is 11.1 Å². The van der Waals surface area contributed by atoms with Crippen LogP contribution in [0.15, 0.2) is 48.5 Å². The van der Waals surface area contributed by atoms with Crippen molar-refractivity contribution in [3.63, 3.8) is 0 Å². The average molecular weight is 465 g/mol. The van der Waals surface area contributed by atoms with Crippen molar-refractivity contribution in [2.75, 3.05) is 19.8 Å².